The minimum absolute atomic E-state index is 0.118. The van der Waals surface area contributed by atoms with Crippen molar-refractivity contribution in [1.82, 2.24) is 0 Å². The van der Waals surface area contributed by atoms with E-state index in [2.05, 4.69) is 19.9 Å². The van der Waals surface area contributed by atoms with Crippen molar-refractivity contribution in [1.29, 1.82) is 0 Å². The Balaban J connectivity index is 3.06. The number of allylic oxidation sites excluding steroid dienone is 1. The molecular weight excluding hydrogens is 252 g/mol. The molecule has 0 atom stereocenters. The Bertz CT molecular complexity index is 462. The van der Waals surface area contributed by atoms with Crippen LogP contribution in [0.5, 0.6) is 11.5 Å². The van der Waals surface area contributed by atoms with Gasteiger partial charge < -0.3 is 14.6 Å². The summed E-state index contributed by atoms with van der Waals surface area (Å²) in [7, 11) is 3.40. The highest BCUT2D eigenvalue weighted by Crippen LogP contribution is 2.35. The van der Waals surface area contributed by atoms with Gasteiger partial charge in [0.25, 0.3) is 0 Å². The SMILES string of the molecule is COc1cc(CCC=C(C)CO)c(OC)c(C(C)C)c1. The van der Waals surface area contributed by atoms with Gasteiger partial charge in [0.05, 0.1) is 20.8 Å². The lowest BCUT2D eigenvalue weighted by atomic mass is 9.96. The maximum atomic E-state index is 9.02. The summed E-state index contributed by atoms with van der Waals surface area (Å²) in [6.07, 6.45) is 3.82. The summed E-state index contributed by atoms with van der Waals surface area (Å²) < 4.78 is 11.0. The third-order valence-corrected chi connectivity index (χ3v) is 3.39. The van der Waals surface area contributed by atoms with Gasteiger partial charge >= 0.3 is 0 Å². The number of aliphatic hydroxyl groups is 1. The second-order valence-electron chi connectivity index (χ2n) is 5.31. The molecule has 0 saturated carbocycles. The highest BCUT2D eigenvalue weighted by molar-refractivity contribution is 5.49. The fraction of sp³-hybridized carbons (Fsp3) is 0.529. The number of hydrogen-bond donors (Lipinski definition) is 1. The number of ether oxygens (including phenoxy) is 2. The van der Waals surface area contributed by atoms with E-state index in [1.807, 2.05) is 19.1 Å². The quantitative estimate of drug-likeness (QED) is 0.773. The number of aryl methyl sites for hydroxylation is 1. The van der Waals surface area contributed by atoms with Gasteiger partial charge in [-0.15, -0.1) is 0 Å². The molecule has 3 nitrogen and oxygen atoms in total. The molecule has 0 heterocycles. The van der Waals surface area contributed by atoms with Crippen LogP contribution >= 0.6 is 0 Å². The first kappa shape index (κ1) is 16.6. The van der Waals surface area contributed by atoms with Crippen molar-refractivity contribution in [3.63, 3.8) is 0 Å². The van der Waals surface area contributed by atoms with Gasteiger partial charge in [0.15, 0.2) is 0 Å². The molecule has 0 aliphatic heterocycles. The molecule has 0 radical (unpaired) electrons. The average molecular weight is 278 g/mol. The summed E-state index contributed by atoms with van der Waals surface area (Å²) in [6.45, 7) is 6.35. The van der Waals surface area contributed by atoms with E-state index in [-0.39, 0.29) is 6.61 Å². The molecule has 0 saturated heterocycles. The molecule has 20 heavy (non-hydrogen) atoms. The maximum absolute atomic E-state index is 9.02. The van der Waals surface area contributed by atoms with Crippen molar-refractivity contribution in [3.05, 3.63) is 34.9 Å². The van der Waals surface area contributed by atoms with Crippen LogP contribution in [0.4, 0.5) is 0 Å². The summed E-state index contributed by atoms with van der Waals surface area (Å²) in [5.74, 6) is 2.21. The molecule has 1 aromatic rings. The Labute approximate surface area is 122 Å². The predicted octanol–water partition coefficient (Wildman–Crippen LogP) is 3.70. The third-order valence-electron chi connectivity index (χ3n) is 3.39. The fourth-order valence-electron chi connectivity index (χ4n) is 2.20. The molecule has 0 aliphatic carbocycles. The van der Waals surface area contributed by atoms with Gasteiger partial charge in [-0.1, -0.05) is 25.5 Å². The number of rotatable bonds is 7. The van der Waals surface area contributed by atoms with Crippen LogP contribution in [0.1, 0.15) is 44.2 Å². The first-order valence-electron chi connectivity index (χ1n) is 7.04. The highest BCUT2D eigenvalue weighted by atomic mass is 16.5. The van der Waals surface area contributed by atoms with Crippen LogP contribution in [0.3, 0.4) is 0 Å². The van der Waals surface area contributed by atoms with E-state index in [0.717, 1.165) is 35.5 Å². The molecule has 0 amide bonds. The fourth-order valence-corrected chi connectivity index (χ4v) is 2.20. The second-order valence-corrected chi connectivity index (χ2v) is 5.31. The Morgan fingerprint density at radius 2 is 1.95 bits per heavy atom. The summed E-state index contributed by atoms with van der Waals surface area (Å²) in [6, 6.07) is 4.08. The van der Waals surface area contributed by atoms with E-state index in [4.69, 9.17) is 14.6 Å². The molecular formula is C17H26O3. The third kappa shape index (κ3) is 4.27. The first-order chi connectivity index (χ1) is 9.53. The highest BCUT2D eigenvalue weighted by Gasteiger charge is 2.14. The zero-order valence-corrected chi connectivity index (χ0v) is 13.2. The number of benzene rings is 1. The van der Waals surface area contributed by atoms with Crippen LogP contribution in [0.15, 0.2) is 23.8 Å². The molecule has 0 aliphatic rings. The van der Waals surface area contributed by atoms with Gasteiger partial charge in [0.2, 0.25) is 0 Å². The van der Waals surface area contributed by atoms with E-state index in [1.165, 1.54) is 5.56 Å². The molecule has 0 spiro atoms. The van der Waals surface area contributed by atoms with Gasteiger partial charge in [0.1, 0.15) is 11.5 Å². The minimum Gasteiger partial charge on any atom is -0.497 e. The molecule has 1 aromatic carbocycles. The van der Waals surface area contributed by atoms with Crippen LogP contribution in [0, 0.1) is 0 Å². The van der Waals surface area contributed by atoms with Crippen molar-refractivity contribution in [2.75, 3.05) is 20.8 Å². The Morgan fingerprint density at radius 1 is 1.25 bits per heavy atom. The normalized spacial score (nSPS) is 11.8. The van der Waals surface area contributed by atoms with E-state index < -0.39 is 0 Å². The van der Waals surface area contributed by atoms with Crippen LogP contribution in [-0.4, -0.2) is 25.9 Å². The van der Waals surface area contributed by atoms with Crippen molar-refractivity contribution in [2.24, 2.45) is 0 Å². The van der Waals surface area contributed by atoms with E-state index in [1.54, 1.807) is 14.2 Å². The smallest absolute Gasteiger partial charge is 0.125 e. The monoisotopic (exact) mass is 278 g/mol. The van der Waals surface area contributed by atoms with Gasteiger partial charge in [-0.05, 0) is 43.4 Å². The van der Waals surface area contributed by atoms with Crippen molar-refractivity contribution >= 4 is 0 Å². The van der Waals surface area contributed by atoms with Gasteiger partial charge in [0, 0.05) is 5.56 Å². The zero-order chi connectivity index (χ0) is 15.1. The van der Waals surface area contributed by atoms with Crippen LogP contribution in [0.2, 0.25) is 0 Å². The standard InChI is InChI=1S/C17H26O3/c1-12(2)16-10-15(19-4)9-14(17(16)20-5)8-6-7-13(3)11-18/h7,9-10,12,18H,6,8,11H2,1-5H3. The van der Waals surface area contributed by atoms with Crippen molar-refractivity contribution in [3.8, 4) is 11.5 Å². The topological polar surface area (TPSA) is 38.7 Å². The molecule has 112 valence electrons. The summed E-state index contributed by atoms with van der Waals surface area (Å²) in [4.78, 5) is 0. The van der Waals surface area contributed by atoms with Crippen LogP contribution in [0.25, 0.3) is 0 Å². The number of hydrogen-bond acceptors (Lipinski definition) is 3. The van der Waals surface area contributed by atoms with E-state index in [0.29, 0.717) is 5.92 Å². The van der Waals surface area contributed by atoms with E-state index >= 15 is 0 Å². The van der Waals surface area contributed by atoms with E-state index in [9.17, 15) is 0 Å². The second kappa shape index (κ2) is 7.95. The lowest BCUT2D eigenvalue weighted by molar-refractivity contribution is 0.331. The Hall–Kier alpha value is -1.48. The molecule has 3 heteroatoms. The number of methoxy groups -OCH3 is 2. The molecule has 0 bridgehead atoms. The lowest BCUT2D eigenvalue weighted by Crippen LogP contribution is -2.01. The van der Waals surface area contributed by atoms with Crippen LogP contribution < -0.4 is 9.47 Å². The molecule has 0 aromatic heterocycles. The summed E-state index contributed by atoms with van der Waals surface area (Å²) in [5.41, 5.74) is 3.32. The first-order valence-corrected chi connectivity index (χ1v) is 7.04. The maximum Gasteiger partial charge on any atom is 0.125 e. The summed E-state index contributed by atoms with van der Waals surface area (Å²) >= 11 is 0. The summed E-state index contributed by atoms with van der Waals surface area (Å²) in [5, 5.41) is 9.02. The van der Waals surface area contributed by atoms with Crippen molar-refractivity contribution in [2.45, 2.75) is 39.5 Å². The molecule has 0 unspecified atom stereocenters. The molecule has 1 N–H and O–H groups in total. The van der Waals surface area contributed by atoms with Crippen molar-refractivity contribution < 1.29 is 14.6 Å². The minimum atomic E-state index is 0.118. The zero-order valence-electron chi connectivity index (χ0n) is 13.2. The van der Waals surface area contributed by atoms with Crippen LogP contribution in [-0.2, 0) is 6.42 Å². The largest absolute Gasteiger partial charge is 0.497 e. The Morgan fingerprint density at radius 3 is 2.45 bits per heavy atom. The van der Waals surface area contributed by atoms with Gasteiger partial charge in [-0.25, -0.2) is 0 Å². The molecule has 1 rings (SSSR count). The van der Waals surface area contributed by atoms with Gasteiger partial charge in [-0.2, -0.15) is 0 Å². The predicted molar refractivity (Wildman–Crippen MR) is 82.8 cm³/mol. The van der Waals surface area contributed by atoms with Gasteiger partial charge in [-0.3, -0.25) is 0 Å². The molecule has 0 fully saturated rings. The lowest BCUT2D eigenvalue weighted by Gasteiger charge is -2.17. The Kier molecular flexibility index (Phi) is 6.59. The number of aliphatic hydroxyl groups excluding tert-OH is 1. The average Bonchev–Trinajstić information content (AvgIpc) is 2.45.